The summed E-state index contributed by atoms with van der Waals surface area (Å²) in [6.45, 7) is 2.94. The molecule has 1 atom stereocenters. The average molecular weight is 516 g/mol. The minimum Gasteiger partial charge on any atom is -0.448 e. The number of aromatic nitrogens is 4. The number of halogens is 1. The fourth-order valence-electron chi connectivity index (χ4n) is 5.05. The van der Waals surface area contributed by atoms with Gasteiger partial charge < -0.3 is 19.9 Å². The molecule has 6 rings (SSSR count). The number of amides is 1. The van der Waals surface area contributed by atoms with Gasteiger partial charge in [-0.1, -0.05) is 17.7 Å². The lowest BCUT2D eigenvalue weighted by Crippen LogP contribution is -2.54. The number of carbonyl (C=O) groups excluding carboxylic acids is 1. The van der Waals surface area contributed by atoms with Gasteiger partial charge in [0.25, 0.3) is 0 Å². The molecule has 0 radical (unpaired) electrons. The Hall–Kier alpha value is -2.79. The van der Waals surface area contributed by atoms with Crippen LogP contribution in [-0.2, 0) is 22.0 Å². The normalized spacial score (nSPS) is 22.9. The number of fused-ring (bicyclic) bond motifs is 1. The Labute approximate surface area is 210 Å². The largest absolute Gasteiger partial charge is 0.448 e. The van der Waals surface area contributed by atoms with Crippen LogP contribution in [0, 0.1) is 0 Å². The van der Waals surface area contributed by atoms with E-state index in [0.29, 0.717) is 65.9 Å². The number of cyclic esters (lactones) is 1. The Kier molecular flexibility index (Phi) is 5.84. The summed E-state index contributed by atoms with van der Waals surface area (Å²) in [5, 5.41) is 4.14. The molecule has 3 aliphatic heterocycles. The van der Waals surface area contributed by atoms with Gasteiger partial charge in [-0.15, -0.1) is 0 Å². The molecule has 12 heteroatoms. The van der Waals surface area contributed by atoms with Gasteiger partial charge in [0.1, 0.15) is 17.3 Å². The third-order valence-corrected chi connectivity index (χ3v) is 8.76. The van der Waals surface area contributed by atoms with E-state index in [2.05, 4.69) is 26.3 Å². The number of anilines is 2. The predicted octanol–water partition coefficient (Wildman–Crippen LogP) is 2.66. The summed E-state index contributed by atoms with van der Waals surface area (Å²) in [4.78, 5) is 35.0. The number of carbonyl (C=O) groups is 1. The minimum absolute atomic E-state index is 0.268. The summed E-state index contributed by atoms with van der Waals surface area (Å²) in [7, 11) is -1.13. The van der Waals surface area contributed by atoms with Crippen LogP contribution in [0.5, 0.6) is 0 Å². The van der Waals surface area contributed by atoms with E-state index in [9.17, 15) is 9.00 Å². The van der Waals surface area contributed by atoms with E-state index < -0.39 is 10.8 Å². The second-order valence-electron chi connectivity index (χ2n) is 9.39. The Morgan fingerprint density at radius 3 is 2.66 bits per heavy atom. The number of hydrogen-bond donors (Lipinski definition) is 1. The molecule has 1 aliphatic carbocycles. The number of nitrogens with zero attached hydrogens (tertiary/aromatic N) is 6. The first kappa shape index (κ1) is 22.7. The Morgan fingerprint density at radius 2 is 2.00 bits per heavy atom. The van der Waals surface area contributed by atoms with Gasteiger partial charge in [0.15, 0.2) is 5.82 Å². The first-order valence-corrected chi connectivity index (χ1v) is 13.6. The smallest absolute Gasteiger partial charge is 0.410 e. The maximum Gasteiger partial charge on any atom is 0.410 e. The first-order valence-electron chi connectivity index (χ1n) is 11.9. The van der Waals surface area contributed by atoms with Crippen LogP contribution >= 0.6 is 11.6 Å². The third-order valence-electron chi connectivity index (χ3n) is 7.11. The monoisotopic (exact) mass is 515 g/mol. The average Bonchev–Trinajstić information content (AvgIpc) is 3.43. The zero-order chi connectivity index (χ0) is 24.0. The van der Waals surface area contributed by atoms with E-state index in [1.165, 1.54) is 0 Å². The van der Waals surface area contributed by atoms with Crippen molar-refractivity contribution in [2.24, 2.45) is 0 Å². The van der Waals surface area contributed by atoms with Crippen LogP contribution in [0.25, 0.3) is 5.57 Å². The molecule has 2 fully saturated rings. The van der Waals surface area contributed by atoms with Gasteiger partial charge >= 0.3 is 6.09 Å². The molecule has 1 unspecified atom stereocenters. The van der Waals surface area contributed by atoms with Crippen molar-refractivity contribution in [1.82, 2.24) is 24.8 Å². The molecule has 35 heavy (non-hydrogen) atoms. The molecule has 1 saturated heterocycles. The lowest BCUT2D eigenvalue weighted by molar-refractivity contribution is 0.142. The van der Waals surface area contributed by atoms with Gasteiger partial charge in [-0.3, -0.25) is 4.21 Å². The Balaban J connectivity index is 1.26. The van der Waals surface area contributed by atoms with E-state index >= 15 is 0 Å². The van der Waals surface area contributed by atoms with Crippen molar-refractivity contribution < 1.29 is 13.7 Å². The lowest BCUT2D eigenvalue weighted by atomic mass is 9.76. The van der Waals surface area contributed by atoms with Crippen LogP contribution in [0.15, 0.2) is 23.4 Å². The fraction of sp³-hybridized carbons (Fsp3) is 0.522. The van der Waals surface area contributed by atoms with Gasteiger partial charge in [-0.05, 0) is 31.3 Å². The van der Waals surface area contributed by atoms with E-state index in [0.717, 1.165) is 43.5 Å². The zero-order valence-electron chi connectivity index (χ0n) is 19.2. The quantitative estimate of drug-likeness (QED) is 0.620. The second-order valence-corrected chi connectivity index (χ2v) is 11.3. The van der Waals surface area contributed by atoms with Crippen LogP contribution < -0.4 is 10.2 Å². The fourth-order valence-corrected chi connectivity index (χ4v) is 6.46. The van der Waals surface area contributed by atoms with Crippen molar-refractivity contribution in [1.29, 1.82) is 0 Å². The molecule has 1 saturated carbocycles. The highest BCUT2D eigenvalue weighted by atomic mass is 35.5. The van der Waals surface area contributed by atoms with Crippen LogP contribution in [0.3, 0.4) is 0 Å². The third kappa shape index (κ3) is 4.35. The highest BCUT2D eigenvalue weighted by Gasteiger charge is 2.43. The summed E-state index contributed by atoms with van der Waals surface area (Å²) in [5.41, 5.74) is 1.64. The summed E-state index contributed by atoms with van der Waals surface area (Å²) in [6.07, 6.45) is 9.41. The summed E-state index contributed by atoms with van der Waals surface area (Å²) in [5.74, 6) is 2.52. The maximum absolute atomic E-state index is 12.8. The van der Waals surface area contributed by atoms with Gasteiger partial charge in [-0.25, -0.2) is 19.7 Å². The molecule has 10 nitrogen and oxygen atoms in total. The molecule has 5 heterocycles. The van der Waals surface area contributed by atoms with E-state index in [1.54, 1.807) is 17.3 Å². The second kappa shape index (κ2) is 9.02. The highest BCUT2D eigenvalue weighted by Crippen LogP contribution is 2.40. The molecule has 2 aromatic heterocycles. The number of ether oxygens (including phenoxy) is 1. The van der Waals surface area contributed by atoms with Crippen molar-refractivity contribution in [2.75, 3.05) is 48.8 Å². The topological polar surface area (TPSA) is 113 Å². The number of rotatable bonds is 6. The maximum atomic E-state index is 12.8. The van der Waals surface area contributed by atoms with Crippen LogP contribution in [0.1, 0.15) is 37.2 Å². The van der Waals surface area contributed by atoms with Crippen LogP contribution in [0.4, 0.5) is 16.6 Å². The molecule has 184 valence electrons. The molecule has 0 bridgehead atoms. The van der Waals surface area contributed by atoms with Gasteiger partial charge in [0.2, 0.25) is 5.95 Å². The molecule has 0 aromatic carbocycles. The van der Waals surface area contributed by atoms with Crippen molar-refractivity contribution in [3.8, 4) is 0 Å². The molecule has 1 N–H and O–H groups in total. The molecular weight excluding hydrogens is 490 g/mol. The first-order chi connectivity index (χ1) is 17.0. The van der Waals surface area contributed by atoms with E-state index in [1.807, 2.05) is 0 Å². The van der Waals surface area contributed by atoms with Gasteiger partial charge in [-0.2, -0.15) is 4.98 Å². The Morgan fingerprint density at radius 1 is 1.17 bits per heavy atom. The van der Waals surface area contributed by atoms with Crippen molar-refractivity contribution >= 4 is 45.8 Å². The van der Waals surface area contributed by atoms with E-state index in [-0.39, 0.29) is 11.6 Å². The summed E-state index contributed by atoms with van der Waals surface area (Å²) in [6, 6.07) is 0. The minimum atomic E-state index is -1.13. The number of nitrogens with one attached hydrogen (secondary N) is 1. The SMILES string of the molecule is O=C1OCCN1CC1(Nc2nc(N3CC=C(c4ncc(Cl)cn4)CC3)nc3c2S(=O)CC3)CCC1. The highest BCUT2D eigenvalue weighted by molar-refractivity contribution is 7.85. The molecule has 4 aliphatic rings. The number of hydrogen-bond acceptors (Lipinski definition) is 9. The zero-order valence-corrected chi connectivity index (χ0v) is 20.8. The standard InChI is InChI=1S/C23H26ClN7O3S/c24-16-12-25-19(26-13-16)15-2-7-30(8-3-15)21-27-17-4-11-35(33)18(17)20(28-21)29-23(5-1-6-23)14-31-9-10-34-22(31)32/h2,12-13H,1,3-11,14H2,(H,27,28,29). The Bertz CT molecular complexity index is 1220. The van der Waals surface area contributed by atoms with Gasteiger partial charge in [0.05, 0.1) is 33.6 Å². The lowest BCUT2D eigenvalue weighted by Gasteiger charge is -2.45. The van der Waals surface area contributed by atoms with Crippen molar-refractivity contribution in [2.45, 2.75) is 42.5 Å². The van der Waals surface area contributed by atoms with Crippen LogP contribution in [-0.4, -0.2) is 79.2 Å². The summed E-state index contributed by atoms with van der Waals surface area (Å²) >= 11 is 5.92. The molecule has 2 aromatic rings. The number of aryl methyl sites for hydroxylation is 1. The summed E-state index contributed by atoms with van der Waals surface area (Å²) < 4.78 is 18.0. The van der Waals surface area contributed by atoms with Gasteiger partial charge in [0, 0.05) is 44.2 Å². The van der Waals surface area contributed by atoms with Crippen LogP contribution in [0.2, 0.25) is 5.02 Å². The molecule has 1 amide bonds. The van der Waals surface area contributed by atoms with Crippen molar-refractivity contribution in [3.05, 3.63) is 35.0 Å². The predicted molar refractivity (Wildman–Crippen MR) is 132 cm³/mol. The molecular formula is C23H26ClN7O3S. The van der Waals surface area contributed by atoms with E-state index in [4.69, 9.17) is 26.3 Å². The molecule has 0 spiro atoms. The van der Waals surface area contributed by atoms with Crippen molar-refractivity contribution in [3.63, 3.8) is 0 Å².